The van der Waals surface area contributed by atoms with Crippen LogP contribution < -0.4 is 10.4 Å². The second kappa shape index (κ2) is 5.75. The van der Waals surface area contributed by atoms with Crippen molar-refractivity contribution in [3.63, 3.8) is 0 Å². The van der Waals surface area contributed by atoms with Crippen molar-refractivity contribution >= 4 is 29.0 Å². The third-order valence-corrected chi connectivity index (χ3v) is 3.19. The maximum Gasteiger partial charge on any atom is 0.200 e. The van der Waals surface area contributed by atoms with Crippen LogP contribution in [0.1, 0.15) is 22.8 Å². The van der Waals surface area contributed by atoms with Gasteiger partial charge in [-0.2, -0.15) is 0 Å². The van der Waals surface area contributed by atoms with Gasteiger partial charge in [0.15, 0.2) is 11.2 Å². The quantitative estimate of drug-likeness (QED) is 0.486. The molecule has 0 bridgehead atoms. The van der Waals surface area contributed by atoms with Crippen LogP contribution in [0.2, 0.25) is 0 Å². The summed E-state index contributed by atoms with van der Waals surface area (Å²) in [5.74, 6) is -0.272. The summed E-state index contributed by atoms with van der Waals surface area (Å²) in [6.07, 6.45) is 5.20. The molecule has 0 aliphatic rings. The summed E-state index contributed by atoms with van der Waals surface area (Å²) in [6.45, 7) is 1.37. The van der Waals surface area contributed by atoms with E-state index in [2.05, 4.69) is 0 Å². The molecule has 0 unspecified atom stereocenters. The normalized spacial score (nSPS) is 11.0. The molecule has 1 heterocycles. The highest BCUT2D eigenvalue weighted by atomic mass is 16.1. The SMILES string of the molecule is CC(=O)c1cn(N(C)C)c2ccc(/C=C/C=O)cc2c1=O. The zero-order valence-corrected chi connectivity index (χ0v) is 12.2. The summed E-state index contributed by atoms with van der Waals surface area (Å²) < 4.78 is 1.75. The first-order chi connectivity index (χ1) is 9.95. The van der Waals surface area contributed by atoms with Crippen molar-refractivity contribution in [1.82, 2.24) is 4.68 Å². The maximum atomic E-state index is 12.4. The predicted octanol–water partition coefficient (Wildman–Crippen LogP) is 1.61. The number of fused-ring (bicyclic) bond motifs is 1. The molecule has 2 aromatic rings. The fraction of sp³-hybridized carbons (Fsp3) is 0.188. The van der Waals surface area contributed by atoms with Gasteiger partial charge in [-0.15, -0.1) is 0 Å². The molecule has 0 radical (unpaired) electrons. The molecule has 0 saturated carbocycles. The Bertz CT molecular complexity index is 801. The average Bonchev–Trinajstić information content (AvgIpc) is 2.45. The van der Waals surface area contributed by atoms with Crippen LogP contribution in [0.3, 0.4) is 0 Å². The number of nitrogens with zero attached hydrogens (tertiary/aromatic N) is 2. The van der Waals surface area contributed by atoms with Crippen LogP contribution in [0.4, 0.5) is 0 Å². The number of aldehydes is 1. The van der Waals surface area contributed by atoms with Gasteiger partial charge < -0.3 is 5.01 Å². The van der Waals surface area contributed by atoms with Crippen LogP contribution in [0.25, 0.3) is 17.0 Å². The smallest absolute Gasteiger partial charge is 0.200 e. The molecule has 0 fully saturated rings. The fourth-order valence-electron chi connectivity index (χ4n) is 2.17. The third kappa shape index (κ3) is 2.76. The molecule has 1 aromatic heterocycles. The molecule has 5 heteroatoms. The van der Waals surface area contributed by atoms with Crippen LogP contribution in [-0.4, -0.2) is 30.8 Å². The lowest BCUT2D eigenvalue weighted by atomic mass is 10.1. The Balaban J connectivity index is 2.85. The number of rotatable bonds is 4. The summed E-state index contributed by atoms with van der Waals surface area (Å²) in [5, 5.41) is 2.24. The molecule has 1 aromatic carbocycles. The highest BCUT2D eigenvalue weighted by Crippen LogP contribution is 2.15. The van der Waals surface area contributed by atoms with Crippen LogP contribution in [0, 0.1) is 0 Å². The fourth-order valence-corrected chi connectivity index (χ4v) is 2.17. The molecule has 0 amide bonds. The topological polar surface area (TPSA) is 59.4 Å². The summed E-state index contributed by atoms with van der Waals surface area (Å²) in [6, 6.07) is 5.30. The Morgan fingerprint density at radius 2 is 2.00 bits per heavy atom. The summed E-state index contributed by atoms with van der Waals surface area (Å²) in [5.41, 5.74) is 1.29. The number of pyridine rings is 1. The monoisotopic (exact) mass is 284 g/mol. The molecule has 108 valence electrons. The Hall–Kier alpha value is -2.69. The largest absolute Gasteiger partial charge is 0.319 e. The van der Waals surface area contributed by atoms with E-state index in [1.54, 1.807) is 34.1 Å². The van der Waals surface area contributed by atoms with E-state index < -0.39 is 0 Å². The number of allylic oxidation sites excluding steroid dienone is 1. The number of hydrogen-bond donors (Lipinski definition) is 0. The molecule has 0 aliphatic carbocycles. The van der Waals surface area contributed by atoms with E-state index >= 15 is 0 Å². The number of carbonyl (C=O) groups excluding carboxylic acids is 2. The number of ketones is 1. The van der Waals surface area contributed by atoms with Crippen molar-refractivity contribution < 1.29 is 9.59 Å². The van der Waals surface area contributed by atoms with Crippen molar-refractivity contribution in [1.29, 1.82) is 0 Å². The maximum absolute atomic E-state index is 12.4. The van der Waals surface area contributed by atoms with E-state index in [0.717, 1.165) is 5.56 Å². The van der Waals surface area contributed by atoms with E-state index in [9.17, 15) is 14.4 Å². The van der Waals surface area contributed by atoms with Gasteiger partial charge in [0.05, 0.1) is 11.1 Å². The minimum absolute atomic E-state index is 0.146. The molecule has 0 N–H and O–H groups in total. The zero-order chi connectivity index (χ0) is 15.6. The number of hydrogen-bond acceptors (Lipinski definition) is 4. The third-order valence-electron chi connectivity index (χ3n) is 3.19. The van der Waals surface area contributed by atoms with Crippen molar-refractivity contribution in [3.05, 3.63) is 51.8 Å². The van der Waals surface area contributed by atoms with E-state index in [1.165, 1.54) is 13.0 Å². The van der Waals surface area contributed by atoms with Crippen molar-refractivity contribution in [3.8, 4) is 0 Å². The second-order valence-corrected chi connectivity index (χ2v) is 4.89. The van der Waals surface area contributed by atoms with E-state index in [4.69, 9.17) is 0 Å². The molecular weight excluding hydrogens is 268 g/mol. The summed E-state index contributed by atoms with van der Waals surface area (Å²) >= 11 is 0. The van der Waals surface area contributed by atoms with Gasteiger partial charge in [-0.3, -0.25) is 19.1 Å². The Kier molecular flexibility index (Phi) is 4.03. The predicted molar refractivity (Wildman–Crippen MR) is 83.4 cm³/mol. The van der Waals surface area contributed by atoms with Gasteiger partial charge in [-0.05, 0) is 30.7 Å². The molecule has 2 rings (SSSR count). The van der Waals surface area contributed by atoms with Gasteiger partial charge in [0.1, 0.15) is 6.29 Å². The van der Waals surface area contributed by atoms with Crippen LogP contribution in [0.15, 0.2) is 35.3 Å². The van der Waals surface area contributed by atoms with Crippen molar-refractivity contribution in [2.24, 2.45) is 0 Å². The highest BCUT2D eigenvalue weighted by molar-refractivity contribution is 5.97. The number of carbonyl (C=O) groups is 2. The molecule has 0 saturated heterocycles. The molecule has 21 heavy (non-hydrogen) atoms. The number of aromatic nitrogens is 1. The van der Waals surface area contributed by atoms with Crippen LogP contribution in [0.5, 0.6) is 0 Å². The molecule has 5 nitrogen and oxygen atoms in total. The zero-order valence-electron chi connectivity index (χ0n) is 12.2. The minimum atomic E-state index is -0.294. The van der Waals surface area contributed by atoms with Gasteiger partial charge >= 0.3 is 0 Å². The molecule has 0 spiro atoms. The molecule has 0 atom stereocenters. The Labute approximate surface area is 122 Å². The highest BCUT2D eigenvalue weighted by Gasteiger charge is 2.13. The van der Waals surface area contributed by atoms with Gasteiger partial charge in [-0.25, -0.2) is 0 Å². The summed E-state index contributed by atoms with van der Waals surface area (Å²) in [7, 11) is 3.65. The lowest BCUT2D eigenvalue weighted by Crippen LogP contribution is -2.29. The van der Waals surface area contributed by atoms with Crippen molar-refractivity contribution in [2.45, 2.75) is 6.92 Å². The Morgan fingerprint density at radius 3 is 2.57 bits per heavy atom. The van der Waals surface area contributed by atoms with Gasteiger partial charge in [0.25, 0.3) is 0 Å². The van der Waals surface area contributed by atoms with Crippen molar-refractivity contribution in [2.75, 3.05) is 19.1 Å². The van der Waals surface area contributed by atoms with Crippen LogP contribution >= 0.6 is 0 Å². The number of Topliss-reactive ketones (excluding diaryl/α,β-unsaturated/α-hetero) is 1. The Morgan fingerprint density at radius 1 is 1.29 bits per heavy atom. The lowest BCUT2D eigenvalue weighted by Gasteiger charge is -2.20. The molecular formula is C16H16N2O3. The first-order valence-electron chi connectivity index (χ1n) is 6.45. The van der Waals surface area contributed by atoms with E-state index in [-0.39, 0.29) is 16.8 Å². The first-order valence-corrected chi connectivity index (χ1v) is 6.45. The van der Waals surface area contributed by atoms with E-state index in [0.29, 0.717) is 17.2 Å². The standard InChI is InChI=1S/C16H16N2O3/c1-11(20)14-10-18(17(2)3)15-7-6-12(5-4-8-19)9-13(15)16(14)21/h4-10H,1-3H3/b5-4+. The molecule has 0 aliphatic heterocycles. The van der Waals surface area contributed by atoms with E-state index in [1.807, 2.05) is 20.2 Å². The lowest BCUT2D eigenvalue weighted by molar-refractivity contribution is -0.104. The van der Waals surface area contributed by atoms with Crippen LogP contribution in [-0.2, 0) is 4.79 Å². The van der Waals surface area contributed by atoms with Gasteiger partial charge in [0.2, 0.25) is 0 Å². The average molecular weight is 284 g/mol. The van der Waals surface area contributed by atoms with Gasteiger partial charge in [-0.1, -0.05) is 12.1 Å². The first kappa shape index (κ1) is 14.7. The van der Waals surface area contributed by atoms with Gasteiger partial charge in [0, 0.05) is 25.7 Å². The minimum Gasteiger partial charge on any atom is -0.319 e. The summed E-state index contributed by atoms with van der Waals surface area (Å²) in [4.78, 5) is 34.5. The second-order valence-electron chi connectivity index (χ2n) is 4.89. The number of benzene rings is 1.